The maximum atomic E-state index is 12.2. The van der Waals surface area contributed by atoms with Gasteiger partial charge in [0.05, 0.1) is 11.5 Å². The van der Waals surface area contributed by atoms with Crippen LogP contribution in [-0.4, -0.2) is 37.6 Å². The van der Waals surface area contributed by atoms with Crippen molar-refractivity contribution in [2.24, 2.45) is 5.92 Å². The molecule has 7 nitrogen and oxygen atoms in total. The standard InChI is InChI=1S/C14H21N3O4/c1-4-15-12-7-5-6-11(13(12)17(19)20)14(18)16-8-10(2)9-21-3/h5-7,10,15H,4,8-9H2,1-3H3,(H,16,18). The van der Waals surface area contributed by atoms with Gasteiger partial charge in [0.1, 0.15) is 11.3 Å². The van der Waals surface area contributed by atoms with E-state index in [1.807, 2.05) is 13.8 Å². The lowest BCUT2D eigenvalue weighted by molar-refractivity contribution is -0.384. The largest absolute Gasteiger partial charge is 0.384 e. The molecule has 0 heterocycles. The van der Waals surface area contributed by atoms with Crippen molar-refractivity contribution < 1.29 is 14.5 Å². The van der Waals surface area contributed by atoms with Crippen LogP contribution in [-0.2, 0) is 4.74 Å². The zero-order valence-corrected chi connectivity index (χ0v) is 12.5. The van der Waals surface area contributed by atoms with Crippen LogP contribution in [0.15, 0.2) is 18.2 Å². The van der Waals surface area contributed by atoms with Gasteiger partial charge in [-0.1, -0.05) is 13.0 Å². The average Bonchev–Trinajstić information content (AvgIpc) is 2.45. The zero-order chi connectivity index (χ0) is 15.8. The third-order valence-electron chi connectivity index (χ3n) is 2.89. The third-order valence-corrected chi connectivity index (χ3v) is 2.89. The monoisotopic (exact) mass is 295 g/mol. The third kappa shape index (κ3) is 4.71. The van der Waals surface area contributed by atoms with Gasteiger partial charge in [-0.15, -0.1) is 0 Å². The van der Waals surface area contributed by atoms with Crippen molar-refractivity contribution >= 4 is 17.3 Å². The number of benzene rings is 1. The molecule has 0 saturated heterocycles. The fourth-order valence-electron chi connectivity index (χ4n) is 1.96. The molecule has 1 amide bonds. The lowest BCUT2D eigenvalue weighted by Crippen LogP contribution is -2.30. The molecule has 0 aliphatic rings. The zero-order valence-electron chi connectivity index (χ0n) is 12.5. The number of amides is 1. The minimum Gasteiger partial charge on any atom is -0.384 e. The van der Waals surface area contributed by atoms with Crippen LogP contribution in [0.2, 0.25) is 0 Å². The Labute approximate surface area is 123 Å². The van der Waals surface area contributed by atoms with E-state index in [1.54, 1.807) is 19.2 Å². The van der Waals surface area contributed by atoms with Gasteiger partial charge < -0.3 is 15.4 Å². The van der Waals surface area contributed by atoms with Crippen LogP contribution in [0.1, 0.15) is 24.2 Å². The molecule has 0 aliphatic heterocycles. The van der Waals surface area contributed by atoms with E-state index < -0.39 is 10.8 Å². The summed E-state index contributed by atoms with van der Waals surface area (Å²) in [6.45, 7) is 5.21. The number of nitrogens with zero attached hydrogens (tertiary/aromatic N) is 1. The van der Waals surface area contributed by atoms with Crippen molar-refractivity contribution in [1.29, 1.82) is 0 Å². The van der Waals surface area contributed by atoms with Crippen LogP contribution in [0, 0.1) is 16.0 Å². The summed E-state index contributed by atoms with van der Waals surface area (Å²) in [5.74, 6) is -0.320. The van der Waals surface area contributed by atoms with E-state index >= 15 is 0 Å². The van der Waals surface area contributed by atoms with E-state index in [0.29, 0.717) is 25.4 Å². The molecule has 0 radical (unpaired) electrons. The van der Waals surface area contributed by atoms with E-state index in [9.17, 15) is 14.9 Å². The van der Waals surface area contributed by atoms with Crippen LogP contribution in [0.3, 0.4) is 0 Å². The molecule has 7 heteroatoms. The Balaban J connectivity index is 2.93. The number of ether oxygens (including phenoxy) is 1. The Bertz CT molecular complexity index is 505. The number of nitro benzene ring substituents is 1. The molecule has 116 valence electrons. The summed E-state index contributed by atoms with van der Waals surface area (Å²) < 4.78 is 4.99. The van der Waals surface area contributed by atoms with Gasteiger partial charge >= 0.3 is 5.69 Å². The lowest BCUT2D eigenvalue weighted by atomic mass is 10.1. The normalized spacial score (nSPS) is 11.8. The first-order chi connectivity index (χ1) is 10.0. The van der Waals surface area contributed by atoms with Crippen LogP contribution >= 0.6 is 0 Å². The Morgan fingerprint density at radius 1 is 1.48 bits per heavy atom. The smallest absolute Gasteiger partial charge is 0.305 e. The molecule has 1 aromatic carbocycles. The van der Waals surface area contributed by atoms with E-state index in [2.05, 4.69) is 10.6 Å². The number of carbonyl (C=O) groups excluding carboxylic acids is 1. The summed E-state index contributed by atoms with van der Waals surface area (Å²) in [5.41, 5.74) is 0.208. The fraction of sp³-hybridized carbons (Fsp3) is 0.500. The van der Waals surface area contributed by atoms with Crippen molar-refractivity contribution in [2.45, 2.75) is 13.8 Å². The van der Waals surface area contributed by atoms with E-state index in [0.717, 1.165) is 0 Å². The molecule has 1 rings (SSSR count). The summed E-state index contributed by atoms with van der Waals surface area (Å²) >= 11 is 0. The quantitative estimate of drug-likeness (QED) is 0.565. The maximum Gasteiger partial charge on any atom is 0.305 e. The maximum absolute atomic E-state index is 12.2. The Hall–Kier alpha value is -2.15. The molecule has 21 heavy (non-hydrogen) atoms. The van der Waals surface area contributed by atoms with E-state index in [1.165, 1.54) is 6.07 Å². The van der Waals surface area contributed by atoms with Gasteiger partial charge in [-0.05, 0) is 25.0 Å². The van der Waals surface area contributed by atoms with Crippen LogP contribution in [0.4, 0.5) is 11.4 Å². The number of para-hydroxylation sites is 1. The van der Waals surface area contributed by atoms with Crippen molar-refractivity contribution in [1.82, 2.24) is 5.32 Å². The molecule has 0 aliphatic carbocycles. The molecule has 1 atom stereocenters. The summed E-state index contributed by atoms with van der Waals surface area (Å²) in [5, 5.41) is 16.8. The van der Waals surface area contributed by atoms with Crippen molar-refractivity contribution in [2.75, 3.05) is 32.1 Å². The number of nitrogens with one attached hydrogen (secondary N) is 2. The number of hydrogen-bond donors (Lipinski definition) is 2. The Morgan fingerprint density at radius 3 is 2.76 bits per heavy atom. The van der Waals surface area contributed by atoms with E-state index in [4.69, 9.17) is 4.74 Å². The van der Waals surface area contributed by atoms with Gasteiger partial charge in [-0.2, -0.15) is 0 Å². The second-order valence-corrected chi connectivity index (χ2v) is 4.76. The number of anilines is 1. The van der Waals surface area contributed by atoms with Crippen LogP contribution in [0.5, 0.6) is 0 Å². The predicted molar refractivity (Wildman–Crippen MR) is 80.6 cm³/mol. The van der Waals surface area contributed by atoms with Gasteiger partial charge in [0.25, 0.3) is 5.91 Å². The van der Waals surface area contributed by atoms with Gasteiger partial charge in [0.15, 0.2) is 0 Å². The van der Waals surface area contributed by atoms with Gasteiger partial charge in [0.2, 0.25) is 0 Å². The van der Waals surface area contributed by atoms with Gasteiger partial charge in [-0.25, -0.2) is 0 Å². The first-order valence-corrected chi connectivity index (χ1v) is 6.79. The molecule has 1 unspecified atom stereocenters. The Kier molecular flexibility index (Phi) is 6.61. The number of nitro groups is 1. The first kappa shape index (κ1) is 16.9. The summed E-state index contributed by atoms with van der Waals surface area (Å²) in [4.78, 5) is 22.8. The molecule has 1 aromatic rings. The number of methoxy groups -OCH3 is 1. The molecule has 0 aromatic heterocycles. The summed E-state index contributed by atoms with van der Waals surface area (Å²) in [7, 11) is 1.59. The summed E-state index contributed by atoms with van der Waals surface area (Å²) in [6.07, 6.45) is 0. The molecule has 0 fully saturated rings. The number of rotatable bonds is 8. The second kappa shape index (κ2) is 8.21. The second-order valence-electron chi connectivity index (χ2n) is 4.76. The van der Waals surface area contributed by atoms with Crippen LogP contribution < -0.4 is 10.6 Å². The topological polar surface area (TPSA) is 93.5 Å². The highest BCUT2D eigenvalue weighted by Gasteiger charge is 2.24. The molecule has 2 N–H and O–H groups in total. The van der Waals surface area contributed by atoms with Crippen molar-refractivity contribution in [3.05, 3.63) is 33.9 Å². The van der Waals surface area contributed by atoms with Gasteiger partial charge in [0, 0.05) is 20.2 Å². The SMILES string of the molecule is CCNc1cccc(C(=O)NCC(C)COC)c1[N+](=O)[O-]. The predicted octanol–water partition coefficient (Wildman–Crippen LogP) is 2.04. The summed E-state index contributed by atoms with van der Waals surface area (Å²) in [6, 6.07) is 4.67. The lowest BCUT2D eigenvalue weighted by Gasteiger charge is -2.12. The number of carbonyl (C=O) groups is 1. The fourth-order valence-corrected chi connectivity index (χ4v) is 1.96. The Morgan fingerprint density at radius 2 is 2.19 bits per heavy atom. The van der Waals surface area contributed by atoms with Crippen LogP contribution in [0.25, 0.3) is 0 Å². The highest BCUT2D eigenvalue weighted by molar-refractivity contribution is 6.00. The number of hydrogen-bond acceptors (Lipinski definition) is 5. The van der Waals surface area contributed by atoms with Gasteiger partial charge in [-0.3, -0.25) is 14.9 Å². The molecule has 0 bridgehead atoms. The minimum atomic E-state index is -0.536. The molecule has 0 saturated carbocycles. The van der Waals surface area contributed by atoms with Crippen molar-refractivity contribution in [3.63, 3.8) is 0 Å². The minimum absolute atomic E-state index is 0.0584. The highest BCUT2D eigenvalue weighted by Crippen LogP contribution is 2.28. The van der Waals surface area contributed by atoms with Crippen molar-refractivity contribution in [3.8, 4) is 0 Å². The molecule has 0 spiro atoms. The molecular weight excluding hydrogens is 274 g/mol. The first-order valence-electron chi connectivity index (χ1n) is 6.79. The molecular formula is C14H21N3O4. The van der Waals surface area contributed by atoms with E-state index in [-0.39, 0.29) is 17.2 Å². The average molecular weight is 295 g/mol. The highest BCUT2D eigenvalue weighted by atomic mass is 16.6.